The molecule has 2 aromatic carbocycles. The quantitative estimate of drug-likeness (QED) is 0.488. The van der Waals surface area contributed by atoms with Crippen LogP contribution in [0.3, 0.4) is 0 Å². The number of allylic oxidation sites excluding steroid dienone is 1. The lowest BCUT2D eigenvalue weighted by Crippen LogP contribution is -2.30. The van der Waals surface area contributed by atoms with Crippen molar-refractivity contribution in [3.05, 3.63) is 71.8 Å². The molecule has 1 unspecified atom stereocenters. The van der Waals surface area contributed by atoms with Crippen molar-refractivity contribution in [3.63, 3.8) is 0 Å². The molecule has 0 aliphatic rings. The minimum atomic E-state index is -3.65. The van der Waals surface area contributed by atoms with E-state index in [0.29, 0.717) is 5.75 Å². The van der Waals surface area contributed by atoms with Crippen molar-refractivity contribution in [2.75, 3.05) is 13.4 Å². The molecule has 0 aliphatic heterocycles. The third kappa shape index (κ3) is 6.18. The molecule has 0 heterocycles. The molecular weight excluding hydrogens is 364 g/mol. The molecule has 0 aliphatic carbocycles. The maximum atomic E-state index is 12.6. The lowest BCUT2D eigenvalue weighted by Gasteiger charge is -2.13. The summed E-state index contributed by atoms with van der Waals surface area (Å²) in [5.74, 6) is -0.168. The van der Waals surface area contributed by atoms with E-state index in [-0.39, 0.29) is 24.2 Å². The van der Waals surface area contributed by atoms with E-state index in [4.69, 9.17) is 4.74 Å². The molecule has 0 radical (unpaired) electrons. The second-order valence-corrected chi connectivity index (χ2v) is 8.39. The van der Waals surface area contributed by atoms with Gasteiger partial charge in [0.1, 0.15) is 11.0 Å². The van der Waals surface area contributed by atoms with E-state index >= 15 is 0 Å². The molecule has 5 nitrogen and oxygen atoms in total. The number of methoxy groups -OCH3 is 1. The summed E-state index contributed by atoms with van der Waals surface area (Å²) in [5.41, 5.74) is 1.15. The van der Waals surface area contributed by atoms with Crippen molar-refractivity contribution >= 4 is 27.5 Å². The predicted octanol–water partition coefficient (Wildman–Crippen LogP) is 3.35. The SMILES string of the molecule is COc1ccc(C(=O)C(CCC(=O)C=Cc2ccccc2)S(C)(=O)=O)cc1. The number of ether oxygens (including phenoxy) is 1. The van der Waals surface area contributed by atoms with Crippen molar-refractivity contribution in [3.8, 4) is 5.75 Å². The van der Waals surface area contributed by atoms with Crippen LogP contribution in [-0.4, -0.2) is 38.6 Å². The molecule has 0 amide bonds. The van der Waals surface area contributed by atoms with Gasteiger partial charge in [-0.25, -0.2) is 8.42 Å². The average Bonchev–Trinajstić information content (AvgIpc) is 2.66. The van der Waals surface area contributed by atoms with Gasteiger partial charge in [-0.2, -0.15) is 0 Å². The molecule has 0 aromatic heterocycles. The van der Waals surface area contributed by atoms with Gasteiger partial charge in [-0.15, -0.1) is 0 Å². The van der Waals surface area contributed by atoms with Gasteiger partial charge in [-0.1, -0.05) is 36.4 Å². The highest BCUT2D eigenvalue weighted by molar-refractivity contribution is 7.92. The molecule has 0 fully saturated rings. The number of carbonyl (C=O) groups excluding carboxylic acids is 2. The molecule has 0 bridgehead atoms. The Morgan fingerprint density at radius 1 is 1.04 bits per heavy atom. The Hall–Kier alpha value is -2.73. The summed E-state index contributed by atoms with van der Waals surface area (Å²) in [5, 5.41) is -1.25. The van der Waals surface area contributed by atoms with Gasteiger partial charge in [0.05, 0.1) is 7.11 Å². The minimum Gasteiger partial charge on any atom is -0.497 e. The van der Waals surface area contributed by atoms with E-state index in [1.165, 1.54) is 25.3 Å². The van der Waals surface area contributed by atoms with Crippen LogP contribution in [0.15, 0.2) is 60.7 Å². The van der Waals surface area contributed by atoms with Crippen molar-refractivity contribution in [1.82, 2.24) is 0 Å². The molecule has 27 heavy (non-hydrogen) atoms. The molecule has 6 heteroatoms. The van der Waals surface area contributed by atoms with Crippen LogP contribution in [0.1, 0.15) is 28.8 Å². The first-order chi connectivity index (χ1) is 12.8. The van der Waals surface area contributed by atoms with E-state index in [0.717, 1.165) is 11.8 Å². The molecular formula is C21H22O5S. The highest BCUT2D eigenvalue weighted by Crippen LogP contribution is 2.18. The zero-order chi connectivity index (χ0) is 19.9. The summed E-state index contributed by atoms with van der Waals surface area (Å²) in [6.45, 7) is 0. The van der Waals surface area contributed by atoms with E-state index in [9.17, 15) is 18.0 Å². The zero-order valence-electron chi connectivity index (χ0n) is 15.3. The number of carbonyl (C=O) groups is 2. The fourth-order valence-corrected chi connectivity index (χ4v) is 3.66. The first kappa shape index (κ1) is 20.6. The van der Waals surface area contributed by atoms with Gasteiger partial charge in [0.25, 0.3) is 0 Å². The Bertz CT molecular complexity index is 913. The highest BCUT2D eigenvalue weighted by atomic mass is 32.2. The average molecular weight is 386 g/mol. The van der Waals surface area contributed by atoms with E-state index in [1.807, 2.05) is 30.3 Å². The first-order valence-electron chi connectivity index (χ1n) is 8.44. The molecule has 2 rings (SSSR count). The summed E-state index contributed by atoms with van der Waals surface area (Å²) < 4.78 is 29.2. The van der Waals surface area contributed by atoms with E-state index < -0.39 is 20.9 Å². The Morgan fingerprint density at radius 2 is 1.67 bits per heavy atom. The van der Waals surface area contributed by atoms with Crippen LogP contribution >= 0.6 is 0 Å². The largest absolute Gasteiger partial charge is 0.497 e. The Labute approximate surface area is 159 Å². The van der Waals surface area contributed by atoms with Crippen LogP contribution in [0, 0.1) is 0 Å². The zero-order valence-corrected chi connectivity index (χ0v) is 16.1. The predicted molar refractivity (Wildman–Crippen MR) is 106 cm³/mol. The second-order valence-electron chi connectivity index (χ2n) is 6.16. The molecule has 2 aromatic rings. The number of sulfone groups is 1. The summed E-state index contributed by atoms with van der Waals surface area (Å²) in [7, 11) is -2.14. The van der Waals surface area contributed by atoms with Crippen LogP contribution in [-0.2, 0) is 14.6 Å². The molecule has 0 N–H and O–H groups in total. The van der Waals surface area contributed by atoms with Crippen molar-refractivity contribution < 1.29 is 22.7 Å². The van der Waals surface area contributed by atoms with Crippen LogP contribution in [0.2, 0.25) is 0 Å². The Morgan fingerprint density at radius 3 is 2.22 bits per heavy atom. The second kappa shape index (κ2) is 9.28. The molecule has 1 atom stereocenters. The number of hydrogen-bond acceptors (Lipinski definition) is 5. The first-order valence-corrected chi connectivity index (χ1v) is 10.4. The third-order valence-corrected chi connectivity index (χ3v) is 5.58. The van der Waals surface area contributed by atoms with Gasteiger partial charge in [-0.05, 0) is 42.3 Å². The standard InChI is InChI=1S/C21H22O5S/c1-26-19-13-9-17(10-14-19)21(23)20(27(2,24)25)15-12-18(22)11-8-16-6-4-3-5-7-16/h3-11,13-14,20H,12,15H2,1-2H3. The number of Topliss-reactive ketones (excluding diaryl/α,β-unsaturated/α-hetero) is 1. The van der Waals surface area contributed by atoms with Crippen molar-refractivity contribution in [2.45, 2.75) is 18.1 Å². The lowest BCUT2D eigenvalue weighted by atomic mass is 10.0. The molecule has 0 saturated carbocycles. The van der Waals surface area contributed by atoms with Gasteiger partial charge < -0.3 is 4.74 Å². The maximum Gasteiger partial charge on any atom is 0.180 e. The molecule has 0 spiro atoms. The van der Waals surface area contributed by atoms with Gasteiger partial charge in [0.2, 0.25) is 0 Å². The van der Waals surface area contributed by atoms with Crippen LogP contribution < -0.4 is 4.74 Å². The Kier molecular flexibility index (Phi) is 7.07. The highest BCUT2D eigenvalue weighted by Gasteiger charge is 2.29. The monoisotopic (exact) mass is 386 g/mol. The number of rotatable bonds is 9. The fraction of sp³-hybridized carbons (Fsp3) is 0.238. The number of ketones is 2. The minimum absolute atomic E-state index is 0.0248. The van der Waals surface area contributed by atoms with Gasteiger partial charge in [-0.3, -0.25) is 9.59 Å². The normalized spacial score (nSPS) is 12.7. The number of hydrogen-bond donors (Lipinski definition) is 0. The van der Waals surface area contributed by atoms with Gasteiger partial charge in [0.15, 0.2) is 21.4 Å². The third-order valence-electron chi connectivity index (χ3n) is 4.10. The summed E-state index contributed by atoms with van der Waals surface area (Å²) in [6.07, 6.45) is 4.02. The van der Waals surface area contributed by atoms with E-state index in [1.54, 1.807) is 18.2 Å². The summed E-state index contributed by atoms with van der Waals surface area (Å²) in [6, 6.07) is 15.6. The van der Waals surface area contributed by atoms with Crippen molar-refractivity contribution in [2.24, 2.45) is 0 Å². The Balaban J connectivity index is 2.07. The molecule has 0 saturated heterocycles. The lowest BCUT2D eigenvalue weighted by molar-refractivity contribution is -0.114. The summed E-state index contributed by atoms with van der Waals surface area (Å²) >= 11 is 0. The smallest absolute Gasteiger partial charge is 0.180 e. The fourth-order valence-electron chi connectivity index (χ4n) is 2.59. The summed E-state index contributed by atoms with van der Waals surface area (Å²) in [4.78, 5) is 24.7. The maximum absolute atomic E-state index is 12.6. The van der Waals surface area contributed by atoms with Crippen LogP contribution in [0.5, 0.6) is 5.75 Å². The van der Waals surface area contributed by atoms with Crippen molar-refractivity contribution in [1.29, 1.82) is 0 Å². The van der Waals surface area contributed by atoms with E-state index in [2.05, 4.69) is 0 Å². The van der Waals surface area contributed by atoms with Gasteiger partial charge in [0, 0.05) is 18.2 Å². The van der Waals surface area contributed by atoms with Crippen LogP contribution in [0.4, 0.5) is 0 Å². The van der Waals surface area contributed by atoms with Gasteiger partial charge >= 0.3 is 0 Å². The number of benzene rings is 2. The molecule has 142 valence electrons. The van der Waals surface area contributed by atoms with Crippen LogP contribution in [0.25, 0.3) is 6.08 Å². The topological polar surface area (TPSA) is 77.5 Å².